The summed E-state index contributed by atoms with van der Waals surface area (Å²) in [6.45, 7) is -3.68. The zero-order chi connectivity index (χ0) is 18.6. The maximum atomic E-state index is 13.0. The van der Waals surface area contributed by atoms with Gasteiger partial charge in [-0.3, -0.25) is 0 Å². The van der Waals surface area contributed by atoms with Gasteiger partial charge < -0.3 is 0 Å². The summed E-state index contributed by atoms with van der Waals surface area (Å²) < 4.78 is 0. The first-order valence-corrected chi connectivity index (χ1v) is 11.6. The molecule has 1 nitrogen and oxygen atoms in total. The molecular weight excluding hydrogens is 347 g/mol. The number of hydrogen-bond acceptors (Lipinski definition) is 1. The van der Waals surface area contributed by atoms with E-state index in [0.717, 1.165) is 21.5 Å². The predicted molar refractivity (Wildman–Crippen MR) is 118 cm³/mol. The zero-order valence-electron chi connectivity index (χ0n) is 15.1. The first kappa shape index (κ1) is 17.7. The Morgan fingerprint density at radius 1 is 0.444 bits per heavy atom. The summed E-state index contributed by atoms with van der Waals surface area (Å²) in [5.41, 5.74) is 1.13. The first-order chi connectivity index (χ1) is 13.2. The zero-order valence-corrected chi connectivity index (χ0v) is 16.0. The second-order valence-electron chi connectivity index (χ2n) is 6.90. The summed E-state index contributed by atoms with van der Waals surface area (Å²) in [6, 6.07) is 40.8. The molecule has 0 fully saturated rings. The molecule has 134 valence electrons. The molecule has 4 aromatic rings. The standard InChI is InChI=1S/C25H23OP/c26-27(23-15-7-2-8-16-23,24-17-9-3-10-18-24,25-19-11-4-12-20-25)21-22-13-5-1-6-14-22/h1-20,26H,21H2. The third kappa shape index (κ3) is 3.00. The van der Waals surface area contributed by atoms with Crippen molar-refractivity contribution in [1.29, 1.82) is 0 Å². The topological polar surface area (TPSA) is 20.2 Å². The van der Waals surface area contributed by atoms with Crippen molar-refractivity contribution in [2.24, 2.45) is 0 Å². The molecule has 0 aromatic heterocycles. The third-order valence-corrected chi connectivity index (χ3v) is 10.5. The average molecular weight is 370 g/mol. The maximum absolute atomic E-state index is 13.0. The van der Waals surface area contributed by atoms with Gasteiger partial charge in [0.2, 0.25) is 0 Å². The van der Waals surface area contributed by atoms with E-state index in [4.69, 9.17) is 0 Å². The van der Waals surface area contributed by atoms with E-state index in [1.54, 1.807) is 0 Å². The van der Waals surface area contributed by atoms with Gasteiger partial charge in [-0.2, -0.15) is 0 Å². The van der Waals surface area contributed by atoms with Crippen molar-refractivity contribution in [1.82, 2.24) is 0 Å². The molecule has 0 aliphatic carbocycles. The molecule has 4 aromatic carbocycles. The van der Waals surface area contributed by atoms with Gasteiger partial charge in [-0.15, -0.1) is 0 Å². The summed E-state index contributed by atoms with van der Waals surface area (Å²) in [5, 5.41) is 2.97. The van der Waals surface area contributed by atoms with Crippen LogP contribution < -0.4 is 15.9 Å². The molecule has 0 aliphatic rings. The van der Waals surface area contributed by atoms with Crippen molar-refractivity contribution in [3.05, 3.63) is 127 Å². The van der Waals surface area contributed by atoms with Crippen LogP contribution in [0.15, 0.2) is 121 Å². The quantitative estimate of drug-likeness (QED) is 0.508. The minimum absolute atomic E-state index is 0.574. The van der Waals surface area contributed by atoms with Gasteiger partial charge in [0, 0.05) is 0 Å². The molecule has 2 heteroatoms. The number of rotatable bonds is 5. The third-order valence-electron chi connectivity index (χ3n) is 5.27. The molecule has 0 unspecified atom stereocenters. The fourth-order valence-corrected chi connectivity index (χ4v) is 8.71. The van der Waals surface area contributed by atoms with Gasteiger partial charge in [-0.1, -0.05) is 0 Å². The van der Waals surface area contributed by atoms with E-state index < -0.39 is 6.83 Å². The van der Waals surface area contributed by atoms with E-state index >= 15 is 0 Å². The van der Waals surface area contributed by atoms with Crippen molar-refractivity contribution < 1.29 is 4.89 Å². The van der Waals surface area contributed by atoms with E-state index in [1.165, 1.54) is 0 Å². The van der Waals surface area contributed by atoms with Gasteiger partial charge in [-0.25, -0.2) is 0 Å². The van der Waals surface area contributed by atoms with E-state index in [1.807, 2.05) is 72.8 Å². The first-order valence-electron chi connectivity index (χ1n) is 9.18. The van der Waals surface area contributed by atoms with Crippen molar-refractivity contribution >= 4 is 22.7 Å². The van der Waals surface area contributed by atoms with E-state index in [-0.39, 0.29) is 0 Å². The summed E-state index contributed by atoms with van der Waals surface area (Å²) in [5.74, 6) is 0. The Labute approximate surface area is 161 Å². The summed E-state index contributed by atoms with van der Waals surface area (Å²) in [7, 11) is 0. The van der Waals surface area contributed by atoms with Gasteiger partial charge in [0.15, 0.2) is 0 Å². The Balaban J connectivity index is 2.09. The molecule has 27 heavy (non-hydrogen) atoms. The second-order valence-corrected chi connectivity index (χ2v) is 11.3. The van der Waals surface area contributed by atoms with Crippen LogP contribution >= 0.6 is 6.83 Å². The van der Waals surface area contributed by atoms with Crippen molar-refractivity contribution in [3.63, 3.8) is 0 Å². The van der Waals surface area contributed by atoms with E-state index in [9.17, 15) is 4.89 Å². The van der Waals surface area contributed by atoms with Gasteiger partial charge in [0.1, 0.15) is 0 Å². The van der Waals surface area contributed by atoms with Crippen molar-refractivity contribution in [3.8, 4) is 0 Å². The fourth-order valence-electron chi connectivity index (χ4n) is 3.91. The normalized spacial score (nSPS) is 12.9. The molecule has 4 rings (SSSR count). The fraction of sp³-hybridized carbons (Fsp3) is 0.0400. The van der Waals surface area contributed by atoms with Crippen LogP contribution in [-0.4, -0.2) is 4.89 Å². The van der Waals surface area contributed by atoms with Crippen molar-refractivity contribution in [2.45, 2.75) is 6.16 Å². The Morgan fingerprint density at radius 3 is 1.07 bits per heavy atom. The second kappa shape index (κ2) is 7.12. The molecular formula is C25H23OP. The Morgan fingerprint density at radius 2 is 0.741 bits per heavy atom. The van der Waals surface area contributed by atoms with Crippen LogP contribution in [0.2, 0.25) is 0 Å². The number of hydrogen-bond donors (Lipinski definition) is 1. The SMILES string of the molecule is OP(Cc1ccccc1)(c1ccccc1)(c1ccccc1)c1ccccc1. The Bertz CT molecular complexity index is 900. The molecule has 0 saturated carbocycles. The van der Waals surface area contributed by atoms with Crippen LogP contribution in [-0.2, 0) is 6.16 Å². The Hall–Kier alpha value is -2.73. The number of benzene rings is 4. The van der Waals surface area contributed by atoms with Crippen molar-refractivity contribution in [2.75, 3.05) is 0 Å². The molecule has 0 heterocycles. The van der Waals surface area contributed by atoms with Gasteiger partial charge in [-0.05, 0) is 0 Å². The van der Waals surface area contributed by atoms with Gasteiger partial charge in [0.25, 0.3) is 0 Å². The van der Waals surface area contributed by atoms with Crippen LogP contribution in [0.5, 0.6) is 0 Å². The molecule has 0 saturated heterocycles. The van der Waals surface area contributed by atoms with E-state index in [0.29, 0.717) is 6.16 Å². The van der Waals surface area contributed by atoms with Crippen LogP contribution in [0.25, 0.3) is 0 Å². The summed E-state index contributed by atoms with van der Waals surface area (Å²) in [4.78, 5) is 13.0. The molecule has 0 spiro atoms. The molecule has 0 bridgehead atoms. The van der Waals surface area contributed by atoms with Gasteiger partial charge >= 0.3 is 161 Å². The Kier molecular flexibility index (Phi) is 4.66. The average Bonchev–Trinajstić information content (AvgIpc) is 2.76. The molecule has 0 aliphatic heterocycles. The minimum atomic E-state index is -3.68. The monoisotopic (exact) mass is 370 g/mol. The summed E-state index contributed by atoms with van der Waals surface area (Å²) >= 11 is 0. The molecule has 0 radical (unpaired) electrons. The van der Waals surface area contributed by atoms with Gasteiger partial charge in [0.05, 0.1) is 0 Å². The summed E-state index contributed by atoms with van der Waals surface area (Å²) in [6.07, 6.45) is 0.574. The van der Waals surface area contributed by atoms with Crippen LogP contribution in [0.4, 0.5) is 0 Å². The van der Waals surface area contributed by atoms with Crippen LogP contribution in [0.1, 0.15) is 5.56 Å². The van der Waals surface area contributed by atoms with Crippen LogP contribution in [0, 0.1) is 0 Å². The van der Waals surface area contributed by atoms with E-state index in [2.05, 4.69) is 48.5 Å². The molecule has 0 atom stereocenters. The predicted octanol–water partition coefficient (Wildman–Crippen LogP) is 4.62. The molecule has 1 N–H and O–H groups in total. The van der Waals surface area contributed by atoms with Crippen LogP contribution in [0.3, 0.4) is 0 Å². The molecule has 0 amide bonds.